The number of carbonyl (C=O) groups is 2. The van der Waals surface area contributed by atoms with Gasteiger partial charge in [-0.2, -0.15) is 0 Å². The Kier molecular flexibility index (Phi) is 5.56. The highest BCUT2D eigenvalue weighted by Crippen LogP contribution is 2.32. The summed E-state index contributed by atoms with van der Waals surface area (Å²) in [5.41, 5.74) is 1.55. The van der Waals surface area contributed by atoms with Crippen molar-refractivity contribution >= 4 is 21.8 Å². The minimum absolute atomic E-state index is 0.100. The van der Waals surface area contributed by atoms with Crippen LogP contribution in [0.15, 0.2) is 53.4 Å². The maximum Gasteiger partial charge on any atom is 0.269 e. The molecule has 28 heavy (non-hydrogen) atoms. The quantitative estimate of drug-likeness (QED) is 0.807. The third-order valence-electron chi connectivity index (χ3n) is 4.91. The van der Waals surface area contributed by atoms with Crippen molar-refractivity contribution < 1.29 is 18.0 Å². The van der Waals surface area contributed by atoms with Crippen LogP contribution in [-0.4, -0.2) is 37.1 Å². The van der Waals surface area contributed by atoms with E-state index < -0.39 is 22.0 Å². The summed E-state index contributed by atoms with van der Waals surface area (Å²) in [4.78, 5) is 24.7. The van der Waals surface area contributed by atoms with E-state index in [9.17, 15) is 18.0 Å². The van der Waals surface area contributed by atoms with Crippen molar-refractivity contribution in [3.05, 3.63) is 65.2 Å². The molecule has 3 rings (SSSR count). The van der Waals surface area contributed by atoms with E-state index >= 15 is 0 Å². The van der Waals surface area contributed by atoms with E-state index in [0.717, 1.165) is 10.7 Å². The molecular formula is C21H24N2O4S. The van der Waals surface area contributed by atoms with Crippen molar-refractivity contribution in [2.45, 2.75) is 44.0 Å². The summed E-state index contributed by atoms with van der Waals surface area (Å²) in [5, 5.41) is 2.83. The smallest absolute Gasteiger partial charge is 0.269 e. The minimum Gasteiger partial charge on any atom is -0.352 e. The lowest BCUT2D eigenvalue weighted by Gasteiger charge is -2.18. The van der Waals surface area contributed by atoms with Crippen molar-refractivity contribution in [3.63, 3.8) is 0 Å². The number of carbonyl (C=O) groups excluding carboxylic acids is 2. The van der Waals surface area contributed by atoms with Gasteiger partial charge in [0.25, 0.3) is 21.8 Å². The Labute approximate surface area is 165 Å². The van der Waals surface area contributed by atoms with E-state index in [1.165, 1.54) is 23.8 Å². The number of rotatable bonds is 6. The fraction of sp³-hybridized carbons (Fsp3) is 0.333. The Hall–Kier alpha value is -2.67. The molecule has 148 valence electrons. The summed E-state index contributed by atoms with van der Waals surface area (Å²) in [6.07, 6.45) is 0.763. The first-order valence-corrected chi connectivity index (χ1v) is 10.7. The van der Waals surface area contributed by atoms with Crippen LogP contribution < -0.4 is 5.32 Å². The highest BCUT2D eigenvalue weighted by Gasteiger charge is 2.42. The molecule has 0 radical (unpaired) electrons. The Bertz CT molecular complexity index is 1000. The number of nitrogens with one attached hydrogen (secondary N) is 1. The molecule has 0 bridgehead atoms. The number of nitrogens with zero attached hydrogens (tertiary/aromatic N) is 1. The lowest BCUT2D eigenvalue weighted by molar-refractivity contribution is 0.0845. The van der Waals surface area contributed by atoms with Crippen LogP contribution in [0.4, 0.5) is 0 Å². The molecule has 0 saturated heterocycles. The van der Waals surface area contributed by atoms with E-state index in [0.29, 0.717) is 12.5 Å². The second kappa shape index (κ2) is 7.75. The molecule has 1 atom stereocenters. The van der Waals surface area contributed by atoms with Crippen LogP contribution in [0.5, 0.6) is 0 Å². The third kappa shape index (κ3) is 3.67. The van der Waals surface area contributed by atoms with Crippen LogP contribution in [-0.2, 0) is 10.0 Å². The average Bonchev–Trinajstić information content (AvgIpc) is 2.87. The molecular weight excluding hydrogens is 376 g/mol. The predicted molar refractivity (Wildman–Crippen MR) is 107 cm³/mol. The topological polar surface area (TPSA) is 83.6 Å². The van der Waals surface area contributed by atoms with Crippen LogP contribution in [0.25, 0.3) is 0 Å². The van der Waals surface area contributed by atoms with Crippen LogP contribution in [0.2, 0.25) is 0 Å². The van der Waals surface area contributed by atoms with Gasteiger partial charge in [-0.3, -0.25) is 9.59 Å². The van der Waals surface area contributed by atoms with E-state index in [1.54, 1.807) is 13.8 Å². The first kappa shape index (κ1) is 20.1. The van der Waals surface area contributed by atoms with Gasteiger partial charge >= 0.3 is 0 Å². The van der Waals surface area contributed by atoms with Crippen molar-refractivity contribution in [2.24, 2.45) is 0 Å². The zero-order valence-corrected chi connectivity index (χ0v) is 17.0. The van der Waals surface area contributed by atoms with E-state index in [1.807, 2.05) is 18.2 Å². The van der Waals surface area contributed by atoms with Gasteiger partial charge in [0.2, 0.25) is 0 Å². The molecule has 1 N–H and O–H groups in total. The summed E-state index contributed by atoms with van der Waals surface area (Å²) in [7, 11) is -3.92. The Morgan fingerprint density at radius 3 is 2.39 bits per heavy atom. The van der Waals surface area contributed by atoms with Gasteiger partial charge < -0.3 is 5.32 Å². The van der Waals surface area contributed by atoms with Crippen LogP contribution in [0.1, 0.15) is 59.4 Å². The predicted octanol–water partition coefficient (Wildman–Crippen LogP) is 3.16. The zero-order valence-electron chi connectivity index (χ0n) is 16.2. The van der Waals surface area contributed by atoms with E-state index in [2.05, 4.69) is 24.4 Å². The second-order valence-corrected chi connectivity index (χ2v) is 9.05. The van der Waals surface area contributed by atoms with Crippen LogP contribution in [0.3, 0.4) is 0 Å². The van der Waals surface area contributed by atoms with Crippen LogP contribution in [0, 0.1) is 0 Å². The number of hydrogen-bond acceptors (Lipinski definition) is 4. The third-order valence-corrected chi connectivity index (χ3v) is 6.91. The molecule has 0 aromatic heterocycles. The zero-order chi connectivity index (χ0) is 20.5. The molecule has 0 spiro atoms. The maximum absolute atomic E-state index is 12.6. The number of hydrogen-bond donors (Lipinski definition) is 1. The highest BCUT2D eigenvalue weighted by atomic mass is 32.2. The molecule has 0 fully saturated rings. The second-order valence-electron chi connectivity index (χ2n) is 7.27. The summed E-state index contributed by atoms with van der Waals surface area (Å²) < 4.78 is 26.2. The average molecular weight is 401 g/mol. The first-order valence-electron chi connectivity index (χ1n) is 9.29. The molecule has 2 aromatic carbocycles. The SMILES string of the molecule is CC(CCNC(=O)c1ccc2c(c1)S(=O)(=O)N(C(C)C)C2=O)c1ccccc1. The normalized spacial score (nSPS) is 16.1. The lowest BCUT2D eigenvalue weighted by atomic mass is 9.98. The fourth-order valence-electron chi connectivity index (χ4n) is 3.35. The minimum atomic E-state index is -3.92. The maximum atomic E-state index is 12.6. The molecule has 1 aliphatic rings. The largest absolute Gasteiger partial charge is 0.352 e. The summed E-state index contributed by atoms with van der Waals surface area (Å²) in [5.74, 6) is -0.610. The molecule has 1 unspecified atom stereocenters. The van der Waals surface area contributed by atoms with Gasteiger partial charge in [0.15, 0.2) is 0 Å². The van der Waals surface area contributed by atoms with Gasteiger partial charge in [0.05, 0.1) is 5.56 Å². The van der Waals surface area contributed by atoms with E-state index in [-0.39, 0.29) is 21.9 Å². The van der Waals surface area contributed by atoms with Gasteiger partial charge in [0.1, 0.15) is 4.90 Å². The fourth-order valence-corrected chi connectivity index (χ4v) is 5.14. The molecule has 6 nitrogen and oxygen atoms in total. The first-order chi connectivity index (χ1) is 13.2. The van der Waals surface area contributed by atoms with Gasteiger partial charge in [-0.1, -0.05) is 37.3 Å². The number of sulfonamides is 1. The number of benzene rings is 2. The Balaban J connectivity index is 1.70. The van der Waals surface area contributed by atoms with Gasteiger partial charge in [-0.25, -0.2) is 12.7 Å². The molecule has 0 aliphatic carbocycles. The van der Waals surface area contributed by atoms with Gasteiger partial charge in [0, 0.05) is 18.2 Å². The number of amides is 2. The summed E-state index contributed by atoms with van der Waals surface area (Å²) >= 11 is 0. The summed E-state index contributed by atoms with van der Waals surface area (Å²) in [6, 6.07) is 13.7. The molecule has 7 heteroatoms. The molecule has 1 aliphatic heterocycles. The van der Waals surface area contributed by atoms with E-state index in [4.69, 9.17) is 0 Å². The van der Waals surface area contributed by atoms with Gasteiger partial charge in [-0.05, 0) is 49.9 Å². The van der Waals surface area contributed by atoms with Crippen molar-refractivity contribution in [3.8, 4) is 0 Å². The summed E-state index contributed by atoms with van der Waals surface area (Å²) in [6.45, 7) is 5.84. The van der Waals surface area contributed by atoms with Crippen molar-refractivity contribution in [1.82, 2.24) is 9.62 Å². The Morgan fingerprint density at radius 2 is 1.75 bits per heavy atom. The Morgan fingerprint density at radius 1 is 1.07 bits per heavy atom. The van der Waals surface area contributed by atoms with Crippen molar-refractivity contribution in [1.29, 1.82) is 0 Å². The number of fused-ring (bicyclic) bond motifs is 1. The molecule has 0 saturated carbocycles. The molecule has 1 heterocycles. The standard InChI is InChI=1S/C21H24N2O4S/c1-14(2)23-21(25)18-10-9-17(13-19(18)28(23,26)27)20(24)22-12-11-15(3)16-7-5-4-6-8-16/h4-10,13-15H,11-12H2,1-3H3,(H,22,24). The van der Waals surface area contributed by atoms with Crippen molar-refractivity contribution in [2.75, 3.05) is 6.54 Å². The van der Waals surface area contributed by atoms with Crippen LogP contribution >= 0.6 is 0 Å². The monoisotopic (exact) mass is 400 g/mol. The lowest BCUT2D eigenvalue weighted by Crippen LogP contribution is -2.36. The molecule has 2 amide bonds. The highest BCUT2D eigenvalue weighted by molar-refractivity contribution is 7.90. The molecule has 2 aromatic rings. The van der Waals surface area contributed by atoms with Gasteiger partial charge in [-0.15, -0.1) is 0 Å².